The number of benzene rings is 1. The van der Waals surface area contributed by atoms with E-state index < -0.39 is 6.04 Å². The number of hydrogen-bond acceptors (Lipinski definition) is 4. The number of esters is 1. The first-order valence-corrected chi connectivity index (χ1v) is 6.66. The second-order valence-electron chi connectivity index (χ2n) is 5.00. The molecule has 1 amide bonds. The van der Waals surface area contributed by atoms with Crippen LogP contribution in [0, 0.1) is 5.92 Å². The number of nitrogens with one attached hydrogen (secondary N) is 1. The van der Waals surface area contributed by atoms with E-state index in [4.69, 9.17) is 5.73 Å². The monoisotopic (exact) mass is 278 g/mol. The topological polar surface area (TPSA) is 81.4 Å². The van der Waals surface area contributed by atoms with Crippen LogP contribution in [-0.2, 0) is 16.0 Å². The third-order valence-corrected chi connectivity index (χ3v) is 3.08. The minimum atomic E-state index is -0.489. The standard InChI is InChI=1S/C15H22N2O3/c1-10(2)13(16)14(18)17-8-7-11-5-4-6-12(9-11)15(19)20-3/h4-6,9-10,13H,7-8,16H2,1-3H3,(H,17,18)/t13-/m0/s1. The highest BCUT2D eigenvalue weighted by Crippen LogP contribution is 2.07. The Hall–Kier alpha value is -1.88. The fraction of sp³-hybridized carbons (Fsp3) is 0.467. The fourth-order valence-electron chi connectivity index (χ4n) is 1.72. The Labute approximate surface area is 119 Å². The molecule has 0 fully saturated rings. The molecular formula is C15H22N2O3. The van der Waals surface area contributed by atoms with Gasteiger partial charge in [0, 0.05) is 6.54 Å². The summed E-state index contributed by atoms with van der Waals surface area (Å²) < 4.78 is 4.67. The maximum atomic E-state index is 11.7. The molecule has 5 nitrogen and oxygen atoms in total. The third kappa shape index (κ3) is 4.66. The van der Waals surface area contributed by atoms with Crippen molar-refractivity contribution in [2.45, 2.75) is 26.3 Å². The highest BCUT2D eigenvalue weighted by atomic mass is 16.5. The van der Waals surface area contributed by atoms with Crippen molar-refractivity contribution < 1.29 is 14.3 Å². The molecule has 0 radical (unpaired) electrons. The second-order valence-corrected chi connectivity index (χ2v) is 5.00. The zero-order chi connectivity index (χ0) is 15.1. The van der Waals surface area contributed by atoms with Crippen molar-refractivity contribution in [3.63, 3.8) is 0 Å². The summed E-state index contributed by atoms with van der Waals surface area (Å²) in [7, 11) is 1.35. The highest BCUT2D eigenvalue weighted by Gasteiger charge is 2.16. The molecule has 0 saturated carbocycles. The van der Waals surface area contributed by atoms with Crippen molar-refractivity contribution in [2.24, 2.45) is 11.7 Å². The van der Waals surface area contributed by atoms with E-state index in [-0.39, 0.29) is 17.8 Å². The summed E-state index contributed by atoms with van der Waals surface area (Å²) in [5, 5.41) is 2.79. The van der Waals surface area contributed by atoms with Gasteiger partial charge in [-0.3, -0.25) is 4.79 Å². The van der Waals surface area contributed by atoms with Crippen molar-refractivity contribution in [3.05, 3.63) is 35.4 Å². The molecule has 0 aromatic heterocycles. The predicted octanol–water partition coefficient (Wildman–Crippen LogP) is 1.12. The summed E-state index contributed by atoms with van der Waals surface area (Å²) in [6, 6.07) is 6.67. The van der Waals surface area contributed by atoms with Crippen molar-refractivity contribution in [3.8, 4) is 0 Å². The number of amides is 1. The summed E-state index contributed by atoms with van der Waals surface area (Å²) in [4.78, 5) is 23.1. The van der Waals surface area contributed by atoms with E-state index in [1.54, 1.807) is 18.2 Å². The molecule has 0 aliphatic heterocycles. The zero-order valence-electron chi connectivity index (χ0n) is 12.2. The Morgan fingerprint density at radius 3 is 2.65 bits per heavy atom. The van der Waals surface area contributed by atoms with E-state index in [0.29, 0.717) is 18.5 Å². The molecule has 0 spiro atoms. The third-order valence-electron chi connectivity index (χ3n) is 3.08. The summed E-state index contributed by atoms with van der Waals surface area (Å²) in [6.45, 7) is 4.30. The quantitative estimate of drug-likeness (QED) is 0.764. The van der Waals surface area contributed by atoms with E-state index in [1.807, 2.05) is 19.9 Å². The molecule has 1 aromatic carbocycles. The summed E-state index contributed by atoms with van der Waals surface area (Å²) in [6.07, 6.45) is 0.640. The number of hydrogen-bond donors (Lipinski definition) is 2. The average molecular weight is 278 g/mol. The van der Waals surface area contributed by atoms with Crippen LogP contribution in [0.4, 0.5) is 0 Å². The van der Waals surface area contributed by atoms with E-state index in [9.17, 15) is 9.59 Å². The Balaban J connectivity index is 2.50. The Bertz CT molecular complexity index is 472. The molecule has 0 heterocycles. The second kappa shape index (κ2) is 7.65. The van der Waals surface area contributed by atoms with Gasteiger partial charge in [-0.25, -0.2) is 4.79 Å². The first kappa shape index (κ1) is 16.2. The largest absolute Gasteiger partial charge is 0.465 e. The molecule has 1 aromatic rings. The van der Waals surface area contributed by atoms with Crippen LogP contribution >= 0.6 is 0 Å². The summed E-state index contributed by atoms with van der Waals surface area (Å²) >= 11 is 0. The van der Waals surface area contributed by atoms with Gasteiger partial charge in [-0.05, 0) is 30.0 Å². The number of ether oxygens (including phenoxy) is 1. The van der Waals surface area contributed by atoms with E-state index >= 15 is 0 Å². The number of rotatable bonds is 6. The van der Waals surface area contributed by atoms with Crippen molar-refractivity contribution >= 4 is 11.9 Å². The first-order valence-electron chi connectivity index (χ1n) is 6.66. The molecule has 1 atom stereocenters. The van der Waals surface area contributed by atoms with E-state index in [0.717, 1.165) is 5.56 Å². The average Bonchev–Trinajstić information content (AvgIpc) is 2.45. The number of nitrogens with two attached hydrogens (primary N) is 1. The maximum Gasteiger partial charge on any atom is 0.337 e. The number of methoxy groups -OCH3 is 1. The Kier molecular flexibility index (Phi) is 6.18. The van der Waals surface area contributed by atoms with Gasteiger partial charge in [0.2, 0.25) is 5.91 Å². The lowest BCUT2D eigenvalue weighted by Gasteiger charge is -2.15. The normalized spacial score (nSPS) is 12.1. The lowest BCUT2D eigenvalue weighted by atomic mass is 10.0. The van der Waals surface area contributed by atoms with E-state index in [1.165, 1.54) is 7.11 Å². The molecule has 0 bridgehead atoms. The molecule has 0 aliphatic rings. The van der Waals surface area contributed by atoms with Gasteiger partial charge in [0.05, 0.1) is 18.7 Å². The van der Waals surface area contributed by atoms with Crippen molar-refractivity contribution in [2.75, 3.05) is 13.7 Å². The molecule has 0 saturated heterocycles. The van der Waals surface area contributed by atoms with Gasteiger partial charge < -0.3 is 15.8 Å². The van der Waals surface area contributed by atoms with Crippen molar-refractivity contribution in [1.29, 1.82) is 0 Å². The van der Waals surface area contributed by atoms with Gasteiger partial charge in [-0.2, -0.15) is 0 Å². The molecule has 20 heavy (non-hydrogen) atoms. The Morgan fingerprint density at radius 1 is 1.35 bits per heavy atom. The maximum absolute atomic E-state index is 11.7. The van der Waals surface area contributed by atoms with Gasteiger partial charge in [-0.1, -0.05) is 26.0 Å². The molecule has 110 valence electrons. The summed E-state index contributed by atoms with van der Waals surface area (Å²) in [5.74, 6) is -0.403. The minimum Gasteiger partial charge on any atom is -0.465 e. The van der Waals surface area contributed by atoms with Gasteiger partial charge in [0.25, 0.3) is 0 Å². The SMILES string of the molecule is COC(=O)c1cccc(CCNC(=O)[C@@H](N)C(C)C)c1. The lowest BCUT2D eigenvalue weighted by molar-refractivity contribution is -0.123. The fourth-order valence-corrected chi connectivity index (χ4v) is 1.72. The number of carbonyl (C=O) groups excluding carboxylic acids is 2. The van der Waals surface area contributed by atoms with Crippen LogP contribution in [0.3, 0.4) is 0 Å². The lowest BCUT2D eigenvalue weighted by Crippen LogP contribution is -2.44. The van der Waals surface area contributed by atoms with E-state index in [2.05, 4.69) is 10.1 Å². The molecule has 3 N–H and O–H groups in total. The molecular weight excluding hydrogens is 256 g/mol. The number of carbonyl (C=O) groups is 2. The molecule has 0 aliphatic carbocycles. The molecule has 0 unspecified atom stereocenters. The van der Waals surface area contributed by atoms with Crippen molar-refractivity contribution in [1.82, 2.24) is 5.32 Å². The smallest absolute Gasteiger partial charge is 0.337 e. The minimum absolute atomic E-state index is 0.109. The zero-order valence-corrected chi connectivity index (χ0v) is 12.2. The predicted molar refractivity (Wildman–Crippen MR) is 77.3 cm³/mol. The van der Waals surface area contributed by atoms with Gasteiger partial charge in [0.15, 0.2) is 0 Å². The molecule has 1 rings (SSSR count). The Morgan fingerprint density at radius 2 is 2.05 bits per heavy atom. The first-order chi connectivity index (χ1) is 9.45. The van der Waals surface area contributed by atoms with Crippen LogP contribution in [0.5, 0.6) is 0 Å². The van der Waals surface area contributed by atoms with Crippen LogP contribution in [-0.4, -0.2) is 31.6 Å². The van der Waals surface area contributed by atoms with Crippen LogP contribution < -0.4 is 11.1 Å². The summed E-state index contributed by atoms with van der Waals surface area (Å²) in [5.41, 5.74) is 7.22. The van der Waals surface area contributed by atoms with Crippen LogP contribution in [0.1, 0.15) is 29.8 Å². The van der Waals surface area contributed by atoms with Gasteiger partial charge in [0.1, 0.15) is 0 Å². The van der Waals surface area contributed by atoms with Gasteiger partial charge >= 0.3 is 5.97 Å². The van der Waals surface area contributed by atoms with Crippen LogP contribution in [0.15, 0.2) is 24.3 Å². The van der Waals surface area contributed by atoms with Gasteiger partial charge in [-0.15, -0.1) is 0 Å². The van der Waals surface area contributed by atoms with Crippen LogP contribution in [0.25, 0.3) is 0 Å². The highest BCUT2D eigenvalue weighted by molar-refractivity contribution is 5.89. The van der Waals surface area contributed by atoms with Crippen LogP contribution in [0.2, 0.25) is 0 Å². The molecule has 5 heteroatoms.